The van der Waals surface area contributed by atoms with E-state index in [0.717, 1.165) is 22.2 Å². The lowest BCUT2D eigenvalue weighted by atomic mass is 10.0. The summed E-state index contributed by atoms with van der Waals surface area (Å²) in [7, 11) is 0. The van der Waals surface area contributed by atoms with Crippen LogP contribution in [-0.4, -0.2) is 17.4 Å². The number of carbonyl (C=O) groups excluding carboxylic acids is 1. The quantitative estimate of drug-likeness (QED) is 0.254. The maximum Gasteiger partial charge on any atom is 0.416 e. The van der Waals surface area contributed by atoms with E-state index < -0.39 is 23.8 Å². The van der Waals surface area contributed by atoms with Crippen LogP contribution < -0.4 is 10.1 Å². The Balaban J connectivity index is 1.64. The number of halogens is 5. The molecule has 1 atom stereocenters. The molecule has 0 unspecified atom stereocenters. The van der Waals surface area contributed by atoms with Gasteiger partial charge >= 0.3 is 6.18 Å². The second-order valence-corrected chi connectivity index (χ2v) is 8.74. The van der Waals surface area contributed by atoms with Crippen LogP contribution in [0.2, 0.25) is 0 Å². The van der Waals surface area contributed by atoms with Gasteiger partial charge in [-0.15, -0.1) is 0 Å². The highest BCUT2D eigenvalue weighted by Crippen LogP contribution is 2.35. The number of benzene rings is 3. The summed E-state index contributed by atoms with van der Waals surface area (Å²) in [5.74, 6) is -0.793. The normalized spacial score (nSPS) is 12.4. The number of aromatic nitrogens is 1. The van der Waals surface area contributed by atoms with Crippen molar-refractivity contribution in [3.63, 3.8) is 0 Å². The second kappa shape index (κ2) is 10.0. The van der Waals surface area contributed by atoms with E-state index in [1.165, 1.54) is 18.3 Å². The molecule has 1 aromatic heterocycles. The van der Waals surface area contributed by atoms with Crippen LogP contribution in [0.3, 0.4) is 0 Å². The molecule has 35 heavy (non-hydrogen) atoms. The van der Waals surface area contributed by atoms with Crippen molar-refractivity contribution >= 4 is 32.7 Å². The van der Waals surface area contributed by atoms with Crippen LogP contribution in [0.25, 0.3) is 10.9 Å². The van der Waals surface area contributed by atoms with Crippen molar-refractivity contribution < 1.29 is 27.1 Å². The van der Waals surface area contributed by atoms with E-state index in [-0.39, 0.29) is 23.6 Å². The average molecular weight is 547 g/mol. The molecule has 4 nitrogen and oxygen atoms in total. The molecule has 4 rings (SSSR count). The average Bonchev–Trinajstić information content (AvgIpc) is 2.82. The van der Waals surface area contributed by atoms with Crippen molar-refractivity contribution in [2.75, 3.05) is 6.54 Å². The number of para-hydroxylation sites is 1. The second-order valence-electron chi connectivity index (χ2n) is 7.82. The summed E-state index contributed by atoms with van der Waals surface area (Å²) >= 11 is 3.34. The summed E-state index contributed by atoms with van der Waals surface area (Å²) in [5, 5.41) is 3.00. The van der Waals surface area contributed by atoms with Crippen LogP contribution >= 0.6 is 15.9 Å². The summed E-state index contributed by atoms with van der Waals surface area (Å²) in [5.41, 5.74) is 0.805. The lowest BCUT2D eigenvalue weighted by Gasteiger charge is -2.16. The lowest BCUT2D eigenvalue weighted by molar-refractivity contribution is -0.137. The van der Waals surface area contributed by atoms with Crippen LogP contribution in [0, 0.1) is 6.92 Å². The molecule has 0 bridgehead atoms. The fourth-order valence-electron chi connectivity index (χ4n) is 3.67. The molecule has 0 aliphatic rings. The number of alkyl halides is 4. The monoisotopic (exact) mass is 546 g/mol. The van der Waals surface area contributed by atoms with Gasteiger partial charge < -0.3 is 10.1 Å². The molecule has 0 aliphatic carbocycles. The SMILES string of the molecule is Cc1cc(Br)ccc1[C@@H](F)CNC(=O)c1c(Oc2cccc(C(F)(F)F)c2)cnc2ccccc12. The van der Waals surface area contributed by atoms with Gasteiger partial charge in [0.15, 0.2) is 5.75 Å². The highest BCUT2D eigenvalue weighted by atomic mass is 79.9. The third-order valence-corrected chi connectivity index (χ3v) is 5.86. The summed E-state index contributed by atoms with van der Waals surface area (Å²) in [6.45, 7) is 1.47. The van der Waals surface area contributed by atoms with Crippen molar-refractivity contribution in [2.24, 2.45) is 0 Å². The van der Waals surface area contributed by atoms with Crippen molar-refractivity contribution in [3.8, 4) is 11.5 Å². The Bertz CT molecular complexity index is 1390. The van der Waals surface area contributed by atoms with Crippen LogP contribution in [-0.2, 0) is 6.18 Å². The molecule has 0 aliphatic heterocycles. The van der Waals surface area contributed by atoms with Gasteiger partial charge in [-0.3, -0.25) is 9.78 Å². The smallest absolute Gasteiger partial charge is 0.416 e. The fourth-order valence-corrected chi connectivity index (χ4v) is 4.14. The van der Waals surface area contributed by atoms with Gasteiger partial charge in [-0.05, 0) is 54.4 Å². The number of rotatable bonds is 6. The largest absolute Gasteiger partial charge is 0.455 e. The zero-order chi connectivity index (χ0) is 25.2. The van der Waals surface area contributed by atoms with Crippen molar-refractivity contribution in [3.05, 3.63) is 99.7 Å². The summed E-state index contributed by atoms with van der Waals surface area (Å²) in [4.78, 5) is 17.4. The minimum absolute atomic E-state index is 0.0456. The number of nitrogens with zero attached hydrogens (tertiary/aromatic N) is 1. The molecule has 0 saturated carbocycles. The van der Waals surface area contributed by atoms with E-state index >= 15 is 0 Å². The van der Waals surface area contributed by atoms with Gasteiger partial charge in [0.2, 0.25) is 0 Å². The molecular weight excluding hydrogens is 528 g/mol. The molecule has 3 aromatic carbocycles. The molecule has 9 heteroatoms. The number of fused-ring (bicyclic) bond motifs is 1. The van der Waals surface area contributed by atoms with Gasteiger partial charge in [-0.2, -0.15) is 13.2 Å². The topological polar surface area (TPSA) is 51.2 Å². The zero-order valence-corrected chi connectivity index (χ0v) is 20.0. The first-order valence-corrected chi connectivity index (χ1v) is 11.3. The minimum atomic E-state index is -4.55. The first kappa shape index (κ1) is 24.7. The number of ether oxygens (including phenoxy) is 1. The lowest BCUT2D eigenvalue weighted by Crippen LogP contribution is -2.28. The molecule has 0 radical (unpaired) electrons. The third-order valence-electron chi connectivity index (χ3n) is 5.37. The van der Waals surface area contributed by atoms with Gasteiger partial charge in [0, 0.05) is 9.86 Å². The molecule has 0 saturated heterocycles. The number of pyridine rings is 1. The molecule has 1 N–H and O–H groups in total. The maximum absolute atomic E-state index is 14.9. The van der Waals surface area contributed by atoms with Gasteiger partial charge in [-0.1, -0.05) is 46.3 Å². The van der Waals surface area contributed by atoms with Crippen LogP contribution in [0.5, 0.6) is 11.5 Å². The predicted molar refractivity (Wildman–Crippen MR) is 128 cm³/mol. The molecule has 0 fully saturated rings. The van der Waals surface area contributed by atoms with Crippen molar-refractivity contribution in [1.82, 2.24) is 10.3 Å². The molecule has 0 spiro atoms. The summed E-state index contributed by atoms with van der Waals surface area (Å²) in [6.07, 6.45) is -4.75. The number of nitrogens with one attached hydrogen (secondary N) is 1. The summed E-state index contributed by atoms with van der Waals surface area (Å²) in [6, 6.07) is 16.2. The highest BCUT2D eigenvalue weighted by Gasteiger charge is 2.31. The van der Waals surface area contributed by atoms with E-state index in [1.54, 1.807) is 49.4 Å². The number of aryl methyl sites for hydroxylation is 1. The third kappa shape index (κ3) is 5.62. The number of hydrogen-bond acceptors (Lipinski definition) is 3. The van der Waals surface area contributed by atoms with Gasteiger partial charge in [0.25, 0.3) is 5.91 Å². The van der Waals surface area contributed by atoms with Gasteiger partial charge in [0.1, 0.15) is 11.9 Å². The van der Waals surface area contributed by atoms with E-state index in [0.29, 0.717) is 16.5 Å². The van der Waals surface area contributed by atoms with Gasteiger partial charge in [-0.25, -0.2) is 4.39 Å². The molecule has 4 aromatic rings. The number of hydrogen-bond donors (Lipinski definition) is 1. The molecule has 1 heterocycles. The predicted octanol–water partition coefficient (Wildman–Crippen LogP) is 7.56. The Hall–Kier alpha value is -3.46. The molecule has 180 valence electrons. The number of amides is 1. The number of carbonyl (C=O) groups is 1. The Morgan fingerprint density at radius 3 is 2.60 bits per heavy atom. The van der Waals surface area contributed by atoms with Gasteiger partial charge in [0.05, 0.1) is 29.4 Å². The Morgan fingerprint density at radius 1 is 1.09 bits per heavy atom. The standard InChI is InChI=1S/C26H19BrF4N2O2/c1-15-11-17(27)9-10-19(15)21(28)13-33-25(34)24-20-7-2-3-8-22(20)32-14-23(24)35-18-6-4-5-16(12-18)26(29,30)31/h2-12,14,21H,13H2,1H3,(H,33,34)/t21-/m0/s1. The Kier molecular flexibility index (Phi) is 7.07. The van der Waals surface area contributed by atoms with Crippen LogP contribution in [0.4, 0.5) is 17.6 Å². The zero-order valence-electron chi connectivity index (χ0n) is 18.4. The fraction of sp³-hybridized carbons (Fsp3) is 0.154. The minimum Gasteiger partial charge on any atom is -0.455 e. The van der Waals surface area contributed by atoms with Crippen LogP contribution in [0.1, 0.15) is 33.2 Å². The van der Waals surface area contributed by atoms with Crippen molar-refractivity contribution in [2.45, 2.75) is 19.3 Å². The van der Waals surface area contributed by atoms with Crippen LogP contribution in [0.15, 0.2) is 77.4 Å². The Morgan fingerprint density at radius 2 is 1.86 bits per heavy atom. The highest BCUT2D eigenvalue weighted by molar-refractivity contribution is 9.10. The van der Waals surface area contributed by atoms with E-state index in [2.05, 4.69) is 26.2 Å². The first-order valence-electron chi connectivity index (χ1n) is 10.5. The molecule has 1 amide bonds. The van der Waals surface area contributed by atoms with E-state index in [9.17, 15) is 22.4 Å². The Labute approximate surface area is 207 Å². The van der Waals surface area contributed by atoms with E-state index in [4.69, 9.17) is 4.74 Å². The van der Waals surface area contributed by atoms with Crippen molar-refractivity contribution in [1.29, 1.82) is 0 Å². The molecular formula is C26H19BrF4N2O2. The first-order chi connectivity index (χ1) is 16.6. The summed E-state index contributed by atoms with van der Waals surface area (Å²) < 4.78 is 60.8. The maximum atomic E-state index is 14.9. The van der Waals surface area contributed by atoms with E-state index in [1.807, 2.05) is 0 Å².